The molecule has 0 radical (unpaired) electrons. The molecule has 13 heavy (non-hydrogen) atoms. The third-order valence-corrected chi connectivity index (χ3v) is 2.17. The van der Waals surface area contributed by atoms with Crippen LogP contribution >= 0.6 is 11.6 Å². The van der Waals surface area contributed by atoms with Crippen LogP contribution in [0.3, 0.4) is 0 Å². The third-order valence-electron chi connectivity index (χ3n) is 1.97. The zero-order chi connectivity index (χ0) is 9.84. The number of nitrogens with zero attached hydrogens (tertiary/aromatic N) is 1. The molecule has 3 heteroatoms. The van der Waals surface area contributed by atoms with Gasteiger partial charge in [0.25, 0.3) is 0 Å². The summed E-state index contributed by atoms with van der Waals surface area (Å²) in [6.07, 6.45) is 2.07. The van der Waals surface area contributed by atoms with Crippen molar-refractivity contribution in [3.05, 3.63) is 28.5 Å². The van der Waals surface area contributed by atoms with Gasteiger partial charge in [0.15, 0.2) is 0 Å². The van der Waals surface area contributed by atoms with Crippen molar-refractivity contribution >= 4 is 11.6 Å². The minimum absolute atomic E-state index is 0.0872. The lowest BCUT2D eigenvalue weighted by Gasteiger charge is -2.11. The van der Waals surface area contributed by atoms with E-state index in [2.05, 4.69) is 11.9 Å². The van der Waals surface area contributed by atoms with E-state index in [0.717, 1.165) is 24.1 Å². The van der Waals surface area contributed by atoms with Crippen LogP contribution in [-0.4, -0.2) is 4.98 Å². The van der Waals surface area contributed by atoms with Crippen LogP contribution in [0, 0.1) is 6.92 Å². The molecule has 0 aromatic carbocycles. The first kappa shape index (κ1) is 10.5. The summed E-state index contributed by atoms with van der Waals surface area (Å²) in [6, 6.07) is 3.92. The topological polar surface area (TPSA) is 38.9 Å². The van der Waals surface area contributed by atoms with E-state index in [1.165, 1.54) is 0 Å². The van der Waals surface area contributed by atoms with Crippen molar-refractivity contribution in [2.24, 2.45) is 5.73 Å². The summed E-state index contributed by atoms with van der Waals surface area (Å²) in [4.78, 5) is 4.09. The summed E-state index contributed by atoms with van der Waals surface area (Å²) in [6.45, 7) is 4.05. The van der Waals surface area contributed by atoms with Gasteiger partial charge in [-0.25, -0.2) is 4.98 Å². The zero-order valence-electron chi connectivity index (χ0n) is 8.05. The van der Waals surface area contributed by atoms with Crippen molar-refractivity contribution < 1.29 is 0 Å². The van der Waals surface area contributed by atoms with E-state index < -0.39 is 0 Å². The summed E-state index contributed by atoms with van der Waals surface area (Å²) in [5, 5.41) is 0.529. The SMILES string of the molecule is CCCC(N)c1cc(C)nc(Cl)c1. The van der Waals surface area contributed by atoms with E-state index in [1.807, 2.05) is 19.1 Å². The van der Waals surface area contributed by atoms with Crippen molar-refractivity contribution in [3.63, 3.8) is 0 Å². The van der Waals surface area contributed by atoms with Gasteiger partial charge in [0.1, 0.15) is 5.15 Å². The Morgan fingerprint density at radius 2 is 2.23 bits per heavy atom. The summed E-state index contributed by atoms with van der Waals surface area (Å²) in [5.74, 6) is 0. The van der Waals surface area contributed by atoms with Crippen molar-refractivity contribution in [3.8, 4) is 0 Å². The molecule has 1 atom stereocenters. The minimum atomic E-state index is 0.0872. The minimum Gasteiger partial charge on any atom is -0.324 e. The molecule has 1 rings (SSSR count). The number of aromatic nitrogens is 1. The first-order valence-corrected chi connectivity index (χ1v) is 4.91. The Bertz CT molecular complexity index is 266. The fourth-order valence-corrected chi connectivity index (χ4v) is 1.60. The van der Waals surface area contributed by atoms with Gasteiger partial charge in [0.2, 0.25) is 0 Å². The number of pyridine rings is 1. The van der Waals surface area contributed by atoms with Gasteiger partial charge in [-0.15, -0.1) is 0 Å². The summed E-state index contributed by atoms with van der Waals surface area (Å²) in [5.41, 5.74) is 7.96. The van der Waals surface area contributed by atoms with Crippen LogP contribution in [0.4, 0.5) is 0 Å². The highest BCUT2D eigenvalue weighted by Crippen LogP contribution is 2.19. The average molecular weight is 199 g/mol. The van der Waals surface area contributed by atoms with Crippen molar-refractivity contribution in [2.45, 2.75) is 32.7 Å². The highest BCUT2D eigenvalue weighted by Gasteiger charge is 2.06. The van der Waals surface area contributed by atoms with E-state index in [0.29, 0.717) is 5.15 Å². The van der Waals surface area contributed by atoms with Crippen LogP contribution in [0.2, 0.25) is 5.15 Å². The van der Waals surface area contributed by atoms with Gasteiger partial charge in [0.05, 0.1) is 0 Å². The first-order chi connectivity index (χ1) is 6.13. The van der Waals surface area contributed by atoms with Crippen LogP contribution in [-0.2, 0) is 0 Å². The maximum atomic E-state index is 5.96. The van der Waals surface area contributed by atoms with Gasteiger partial charge in [-0.1, -0.05) is 24.9 Å². The molecular formula is C10H15ClN2. The molecule has 72 valence electrons. The number of halogens is 1. The lowest BCUT2D eigenvalue weighted by atomic mass is 10.0. The second kappa shape index (κ2) is 4.58. The van der Waals surface area contributed by atoms with Crippen LogP contribution < -0.4 is 5.73 Å². The third kappa shape index (κ3) is 2.98. The molecule has 0 aliphatic carbocycles. The van der Waals surface area contributed by atoms with Crippen LogP contribution in [0.5, 0.6) is 0 Å². The quantitative estimate of drug-likeness (QED) is 0.759. The lowest BCUT2D eigenvalue weighted by Crippen LogP contribution is -2.10. The molecule has 0 aliphatic rings. The summed E-state index contributed by atoms with van der Waals surface area (Å²) >= 11 is 5.83. The van der Waals surface area contributed by atoms with Gasteiger partial charge in [-0.2, -0.15) is 0 Å². The maximum Gasteiger partial charge on any atom is 0.129 e. The van der Waals surface area contributed by atoms with E-state index in [-0.39, 0.29) is 6.04 Å². The standard InChI is InChI=1S/C10H15ClN2/c1-3-4-9(12)8-5-7(2)13-10(11)6-8/h5-6,9H,3-4,12H2,1-2H3. The highest BCUT2D eigenvalue weighted by molar-refractivity contribution is 6.29. The summed E-state index contributed by atoms with van der Waals surface area (Å²) < 4.78 is 0. The molecule has 1 unspecified atom stereocenters. The molecule has 1 aromatic rings. The molecule has 0 spiro atoms. The van der Waals surface area contributed by atoms with Crippen molar-refractivity contribution in [1.82, 2.24) is 4.98 Å². The van der Waals surface area contributed by atoms with E-state index in [1.54, 1.807) is 0 Å². The number of hydrogen-bond acceptors (Lipinski definition) is 2. The molecule has 2 N–H and O–H groups in total. The second-order valence-corrected chi connectivity index (χ2v) is 3.65. The van der Waals surface area contributed by atoms with Gasteiger partial charge < -0.3 is 5.73 Å². The van der Waals surface area contributed by atoms with Crippen molar-refractivity contribution in [2.75, 3.05) is 0 Å². The molecule has 1 heterocycles. The van der Waals surface area contributed by atoms with Gasteiger partial charge in [-0.05, 0) is 31.0 Å². The van der Waals surface area contributed by atoms with Crippen LogP contribution in [0.25, 0.3) is 0 Å². The molecule has 0 saturated carbocycles. The molecule has 0 amide bonds. The lowest BCUT2D eigenvalue weighted by molar-refractivity contribution is 0.637. The molecule has 1 aromatic heterocycles. The first-order valence-electron chi connectivity index (χ1n) is 4.53. The normalized spacial score (nSPS) is 12.9. The average Bonchev–Trinajstić information content (AvgIpc) is 2.03. The molecular weight excluding hydrogens is 184 g/mol. The van der Waals surface area contributed by atoms with E-state index in [9.17, 15) is 0 Å². The molecule has 0 fully saturated rings. The Morgan fingerprint density at radius 3 is 2.77 bits per heavy atom. The molecule has 0 saturated heterocycles. The van der Waals surface area contributed by atoms with Crippen molar-refractivity contribution in [1.29, 1.82) is 0 Å². The Kier molecular flexibility index (Phi) is 3.70. The van der Waals surface area contributed by atoms with E-state index >= 15 is 0 Å². The smallest absolute Gasteiger partial charge is 0.129 e. The fourth-order valence-electron chi connectivity index (χ4n) is 1.35. The highest BCUT2D eigenvalue weighted by atomic mass is 35.5. The van der Waals surface area contributed by atoms with Crippen LogP contribution in [0.15, 0.2) is 12.1 Å². The molecule has 0 aliphatic heterocycles. The van der Waals surface area contributed by atoms with Crippen LogP contribution in [0.1, 0.15) is 37.1 Å². The Labute approximate surface area is 84.1 Å². The van der Waals surface area contributed by atoms with Gasteiger partial charge in [0, 0.05) is 11.7 Å². The fraction of sp³-hybridized carbons (Fsp3) is 0.500. The molecule has 0 bridgehead atoms. The number of aryl methyl sites for hydroxylation is 1. The van der Waals surface area contributed by atoms with Gasteiger partial charge in [-0.3, -0.25) is 0 Å². The Morgan fingerprint density at radius 1 is 1.54 bits per heavy atom. The monoisotopic (exact) mass is 198 g/mol. The van der Waals surface area contributed by atoms with Gasteiger partial charge >= 0.3 is 0 Å². The number of hydrogen-bond donors (Lipinski definition) is 1. The Balaban J connectivity index is 2.87. The maximum absolute atomic E-state index is 5.96. The second-order valence-electron chi connectivity index (χ2n) is 3.26. The number of nitrogens with two attached hydrogens (primary N) is 1. The predicted molar refractivity (Wildman–Crippen MR) is 55.8 cm³/mol. The number of rotatable bonds is 3. The predicted octanol–water partition coefficient (Wildman–Crippen LogP) is 2.84. The molecule has 2 nitrogen and oxygen atoms in total. The largest absolute Gasteiger partial charge is 0.324 e. The Hall–Kier alpha value is -0.600. The zero-order valence-corrected chi connectivity index (χ0v) is 8.80. The van der Waals surface area contributed by atoms with E-state index in [4.69, 9.17) is 17.3 Å². The summed E-state index contributed by atoms with van der Waals surface area (Å²) in [7, 11) is 0.